The number of aromatic amines is 1. The van der Waals surface area contributed by atoms with Crippen molar-refractivity contribution in [2.45, 2.75) is 70.3 Å². The number of aliphatic hydroxyl groups excluding tert-OH is 1. The zero-order valence-corrected chi connectivity index (χ0v) is 21.1. The van der Waals surface area contributed by atoms with Crippen LogP contribution in [0.3, 0.4) is 0 Å². The largest absolute Gasteiger partial charge is 0.695 e. The molecule has 4 atom stereocenters. The van der Waals surface area contributed by atoms with E-state index in [4.69, 9.17) is 14.2 Å². The maximum Gasteiger partial charge on any atom is 0.695 e. The quantitative estimate of drug-likeness (QED) is 0.122. The molecule has 2 heterocycles. The molecule has 0 bridgehead atoms. The number of aromatic nitrogens is 2. The highest BCUT2D eigenvalue weighted by Gasteiger charge is 2.42. The van der Waals surface area contributed by atoms with Gasteiger partial charge in [0.2, 0.25) is 11.8 Å². The highest BCUT2D eigenvalue weighted by molar-refractivity contribution is 7.32. The molecule has 5 N–H and O–H groups in total. The summed E-state index contributed by atoms with van der Waals surface area (Å²) < 4.78 is 22.4. The van der Waals surface area contributed by atoms with Crippen molar-refractivity contribution in [2.75, 3.05) is 19.7 Å². The minimum absolute atomic E-state index is 0.00639. The number of hydrogen-bond donors (Lipinski definition) is 5. The molecule has 14 heteroatoms. The van der Waals surface area contributed by atoms with Gasteiger partial charge in [0.05, 0.1) is 12.2 Å². The van der Waals surface area contributed by atoms with Crippen LogP contribution in [0.5, 0.6) is 0 Å². The fourth-order valence-electron chi connectivity index (χ4n) is 3.68. The van der Waals surface area contributed by atoms with E-state index in [0.717, 1.165) is 36.7 Å². The Balaban J connectivity index is 1.83. The number of amides is 2. The van der Waals surface area contributed by atoms with Crippen LogP contribution in [-0.2, 0) is 23.4 Å². The first-order valence-electron chi connectivity index (χ1n) is 11.9. The van der Waals surface area contributed by atoms with E-state index in [1.165, 1.54) is 18.3 Å². The van der Waals surface area contributed by atoms with Crippen LogP contribution >= 0.6 is 8.25 Å². The van der Waals surface area contributed by atoms with Crippen molar-refractivity contribution < 1.29 is 33.4 Å². The van der Waals surface area contributed by atoms with Gasteiger partial charge in [-0.25, -0.2) is 4.79 Å². The Kier molecular flexibility index (Phi) is 12.6. The molecule has 1 aliphatic rings. The Labute approximate surface area is 208 Å². The summed E-state index contributed by atoms with van der Waals surface area (Å²) >= 11 is 0. The van der Waals surface area contributed by atoms with Gasteiger partial charge < -0.3 is 20.5 Å². The first kappa shape index (κ1) is 29.5. The molecule has 200 valence electrons. The smallest absolute Gasteiger partial charge is 0.394 e. The maximum absolute atomic E-state index is 12.3. The lowest BCUT2D eigenvalue weighted by molar-refractivity contribution is -0.121. The number of hydrogen-bond acceptors (Lipinski definition) is 8. The van der Waals surface area contributed by atoms with Crippen molar-refractivity contribution in [3.05, 3.63) is 38.7 Å². The summed E-state index contributed by atoms with van der Waals surface area (Å²) in [7, 11) is -2.94. The van der Waals surface area contributed by atoms with Crippen molar-refractivity contribution in [3.63, 3.8) is 0 Å². The molecule has 1 aromatic rings. The van der Waals surface area contributed by atoms with Crippen LogP contribution in [0.15, 0.2) is 21.9 Å². The highest BCUT2D eigenvalue weighted by atomic mass is 31.1. The Bertz CT molecular complexity index is 1040. The third-order valence-corrected chi connectivity index (χ3v) is 5.96. The van der Waals surface area contributed by atoms with Crippen molar-refractivity contribution in [3.8, 4) is 0 Å². The fourth-order valence-corrected chi connectivity index (χ4v) is 4.13. The van der Waals surface area contributed by atoms with Crippen molar-refractivity contribution in [1.29, 1.82) is 0 Å². The van der Waals surface area contributed by atoms with Gasteiger partial charge in [0.15, 0.2) is 0 Å². The monoisotopic (exact) mass is 529 g/mol. The Hall–Kier alpha value is -2.70. The SMILES string of the molecule is CCCC(=O)NCCCCCCNC(=O)/C=C/c1cn([C@H]2CC(O[P+](=O)O)[C@@H](CO)O2)c(=O)[nH]c1=O. The van der Waals surface area contributed by atoms with Crippen LogP contribution in [0.25, 0.3) is 6.08 Å². The number of carbonyl (C=O) groups excluding carboxylic acids is 2. The van der Waals surface area contributed by atoms with E-state index in [2.05, 4.69) is 15.6 Å². The normalized spacial score (nSPS) is 20.0. The topological polar surface area (TPSA) is 189 Å². The molecule has 36 heavy (non-hydrogen) atoms. The number of unbranched alkanes of at least 4 members (excludes halogenated alkanes) is 3. The average molecular weight is 530 g/mol. The number of carbonyl (C=O) groups is 2. The summed E-state index contributed by atoms with van der Waals surface area (Å²) in [6, 6.07) is 0. The second-order valence-corrected chi connectivity index (χ2v) is 9.01. The summed E-state index contributed by atoms with van der Waals surface area (Å²) in [4.78, 5) is 59.0. The van der Waals surface area contributed by atoms with Crippen LogP contribution in [-0.4, -0.2) is 63.3 Å². The van der Waals surface area contributed by atoms with Crippen LogP contribution in [0.1, 0.15) is 63.7 Å². The third-order valence-electron chi connectivity index (χ3n) is 5.51. The minimum Gasteiger partial charge on any atom is -0.394 e. The van der Waals surface area contributed by atoms with Crippen molar-refractivity contribution in [1.82, 2.24) is 20.2 Å². The number of nitrogens with zero attached hydrogens (tertiary/aromatic N) is 1. The number of nitrogens with one attached hydrogen (secondary N) is 3. The zero-order chi connectivity index (χ0) is 26.5. The van der Waals surface area contributed by atoms with Gasteiger partial charge in [-0.2, -0.15) is 0 Å². The lowest BCUT2D eigenvalue weighted by Gasteiger charge is -2.14. The molecule has 2 rings (SSSR count). The number of ether oxygens (including phenoxy) is 1. The van der Waals surface area contributed by atoms with Gasteiger partial charge >= 0.3 is 13.9 Å². The average Bonchev–Trinajstić information content (AvgIpc) is 3.22. The maximum atomic E-state index is 12.3. The molecule has 0 spiro atoms. The van der Waals surface area contributed by atoms with E-state index in [-0.39, 0.29) is 17.9 Å². The number of H-pyrrole nitrogens is 1. The summed E-state index contributed by atoms with van der Waals surface area (Å²) in [5, 5.41) is 15.0. The van der Waals surface area contributed by atoms with Gasteiger partial charge in [0, 0.05) is 42.8 Å². The molecular weight excluding hydrogens is 495 g/mol. The first-order chi connectivity index (χ1) is 17.2. The minimum atomic E-state index is -2.94. The zero-order valence-electron chi connectivity index (χ0n) is 20.2. The molecule has 2 amide bonds. The molecule has 0 saturated carbocycles. The molecule has 13 nitrogen and oxygen atoms in total. The van der Waals surface area contributed by atoms with Crippen LogP contribution in [0.2, 0.25) is 0 Å². The van der Waals surface area contributed by atoms with E-state index in [0.29, 0.717) is 19.5 Å². The third kappa shape index (κ3) is 9.75. The van der Waals surface area contributed by atoms with Gasteiger partial charge in [0.1, 0.15) is 18.4 Å². The summed E-state index contributed by atoms with van der Waals surface area (Å²) in [5.41, 5.74) is -1.45. The predicted octanol–water partition coefficient (Wildman–Crippen LogP) is 0.457. The van der Waals surface area contributed by atoms with Gasteiger partial charge in [-0.15, -0.1) is 9.42 Å². The molecule has 0 aliphatic carbocycles. The van der Waals surface area contributed by atoms with Crippen LogP contribution in [0.4, 0.5) is 0 Å². The van der Waals surface area contributed by atoms with E-state index < -0.39 is 50.5 Å². The Morgan fingerprint density at radius 1 is 1.25 bits per heavy atom. The van der Waals surface area contributed by atoms with Gasteiger partial charge in [-0.05, 0) is 25.3 Å². The molecule has 1 aromatic heterocycles. The molecule has 0 aromatic carbocycles. The number of aliphatic hydroxyl groups is 1. The van der Waals surface area contributed by atoms with Crippen LogP contribution < -0.4 is 21.9 Å². The standard InChI is InChI=1S/C22H33N4O9P/c1-2-7-18(28)23-10-5-3-4-6-11-24-19(29)9-8-15-13-26(22(31)25-21(15)30)20-12-16(35-36(32)33)17(14-27)34-20/h8-9,13,16-17,20,27H,2-7,10-12,14H2,1H3,(H3-,23,24,25,28,29,30,31,32,33)/p+1/b9-8+/t16?,17-,20-/m1/s1. The molecular formula is C22H34N4O9P+. The van der Waals surface area contributed by atoms with Gasteiger partial charge in [-0.3, -0.25) is 23.9 Å². The van der Waals surface area contributed by atoms with E-state index >= 15 is 0 Å². The molecule has 1 saturated heterocycles. The summed E-state index contributed by atoms with van der Waals surface area (Å²) in [6.07, 6.45) is 5.67. The predicted molar refractivity (Wildman–Crippen MR) is 130 cm³/mol. The fraction of sp³-hybridized carbons (Fsp3) is 0.636. The van der Waals surface area contributed by atoms with Crippen LogP contribution in [0, 0.1) is 0 Å². The second-order valence-electron chi connectivity index (χ2n) is 8.32. The van der Waals surface area contributed by atoms with Crippen molar-refractivity contribution in [2.24, 2.45) is 0 Å². The molecule has 1 aliphatic heterocycles. The molecule has 0 radical (unpaired) electrons. The first-order valence-corrected chi connectivity index (χ1v) is 13.1. The molecule has 2 unspecified atom stereocenters. The molecule has 1 fully saturated rings. The van der Waals surface area contributed by atoms with E-state index in [9.17, 15) is 28.8 Å². The van der Waals surface area contributed by atoms with E-state index in [1.807, 2.05) is 6.92 Å². The summed E-state index contributed by atoms with van der Waals surface area (Å²) in [5.74, 6) is -0.342. The van der Waals surface area contributed by atoms with Gasteiger partial charge in [0.25, 0.3) is 5.56 Å². The number of rotatable bonds is 15. The Morgan fingerprint density at radius 2 is 1.94 bits per heavy atom. The second kappa shape index (κ2) is 15.4. The highest BCUT2D eigenvalue weighted by Crippen LogP contribution is 2.34. The van der Waals surface area contributed by atoms with Crippen molar-refractivity contribution >= 4 is 26.1 Å². The van der Waals surface area contributed by atoms with E-state index in [1.54, 1.807) is 0 Å². The summed E-state index contributed by atoms with van der Waals surface area (Å²) in [6.45, 7) is 2.56. The Morgan fingerprint density at radius 3 is 2.58 bits per heavy atom. The van der Waals surface area contributed by atoms with Gasteiger partial charge in [-0.1, -0.05) is 19.8 Å². The lowest BCUT2D eigenvalue weighted by atomic mass is 10.2. The lowest BCUT2D eigenvalue weighted by Crippen LogP contribution is -2.33.